The lowest BCUT2D eigenvalue weighted by Crippen LogP contribution is -2.35. The maximum atomic E-state index is 10.6. The minimum atomic E-state index is -5.08. The lowest BCUT2D eigenvalue weighted by atomic mass is 9.98. The fraction of sp³-hybridized carbons (Fsp3) is 0.409. The Morgan fingerprint density at radius 1 is 1.10 bits per heavy atom. The van der Waals surface area contributed by atoms with Gasteiger partial charge in [-0.3, -0.25) is 14.6 Å². The van der Waals surface area contributed by atoms with Crippen LogP contribution in [0.4, 0.5) is 26.3 Å². The van der Waals surface area contributed by atoms with Crippen LogP contribution in [0, 0.1) is 0 Å². The van der Waals surface area contributed by atoms with Crippen LogP contribution in [0.1, 0.15) is 28.6 Å². The van der Waals surface area contributed by atoms with Crippen molar-refractivity contribution in [1.82, 2.24) is 24.9 Å². The Morgan fingerprint density at radius 3 is 2.26 bits per heavy atom. The van der Waals surface area contributed by atoms with Gasteiger partial charge < -0.3 is 14.9 Å². The molecule has 10 nitrogen and oxygen atoms in total. The van der Waals surface area contributed by atoms with Gasteiger partial charge in [-0.1, -0.05) is 11.3 Å². The van der Waals surface area contributed by atoms with Crippen LogP contribution in [0.2, 0.25) is 0 Å². The molecule has 0 saturated heterocycles. The zero-order chi connectivity index (χ0) is 29.2. The van der Waals surface area contributed by atoms with Crippen molar-refractivity contribution in [2.45, 2.75) is 38.0 Å². The molecule has 1 aliphatic rings. The van der Waals surface area contributed by atoms with Crippen LogP contribution in [0.25, 0.3) is 0 Å². The third kappa shape index (κ3) is 10.6. The summed E-state index contributed by atoms with van der Waals surface area (Å²) in [4.78, 5) is 24.5. The summed E-state index contributed by atoms with van der Waals surface area (Å²) in [7, 11) is 1.96. The summed E-state index contributed by atoms with van der Waals surface area (Å²) < 4.78 is 71.3. The summed E-state index contributed by atoms with van der Waals surface area (Å²) in [5.41, 5.74) is 4.57. The Labute approximate surface area is 221 Å². The Kier molecular flexibility index (Phi) is 11.4. The van der Waals surface area contributed by atoms with E-state index in [-0.39, 0.29) is 5.92 Å². The lowest BCUT2D eigenvalue weighted by Gasteiger charge is -2.31. The normalized spacial score (nSPS) is 15.3. The number of rotatable bonds is 6. The van der Waals surface area contributed by atoms with Crippen molar-refractivity contribution in [2.75, 3.05) is 13.2 Å². The molecule has 4 heterocycles. The number of alkyl halides is 6. The van der Waals surface area contributed by atoms with Crippen molar-refractivity contribution in [1.29, 1.82) is 0 Å². The number of hydrogen-bond acceptors (Lipinski definition) is 8. The van der Waals surface area contributed by atoms with Gasteiger partial charge in [-0.05, 0) is 34.5 Å². The number of aryl methyl sites for hydroxylation is 1. The largest absolute Gasteiger partial charge is 0.490 e. The van der Waals surface area contributed by atoms with Crippen LogP contribution < -0.4 is 0 Å². The monoisotopic (exact) mass is 583 g/mol. The van der Waals surface area contributed by atoms with Gasteiger partial charge in [-0.25, -0.2) is 9.59 Å². The molecule has 39 heavy (non-hydrogen) atoms. The molecule has 0 saturated carbocycles. The molecular weight excluding hydrogens is 560 g/mol. The predicted octanol–water partition coefficient (Wildman–Crippen LogP) is 3.85. The lowest BCUT2D eigenvalue weighted by molar-refractivity contribution is -0.193. The molecule has 1 atom stereocenters. The number of carboxylic acids is 2. The molecule has 0 amide bonds. The molecule has 1 unspecified atom stereocenters. The first-order valence-electron chi connectivity index (χ1n) is 10.9. The van der Waals surface area contributed by atoms with E-state index in [4.69, 9.17) is 24.5 Å². The Hall–Kier alpha value is -3.57. The van der Waals surface area contributed by atoms with E-state index >= 15 is 0 Å². The van der Waals surface area contributed by atoms with Crippen LogP contribution in [-0.2, 0) is 41.1 Å². The molecule has 3 aromatic heterocycles. The second-order valence-corrected chi connectivity index (χ2v) is 8.77. The first-order chi connectivity index (χ1) is 18.2. The van der Waals surface area contributed by atoms with Gasteiger partial charge in [0.2, 0.25) is 0 Å². The number of pyridine rings is 1. The van der Waals surface area contributed by atoms with Crippen LogP contribution in [0.3, 0.4) is 0 Å². The fourth-order valence-electron chi connectivity index (χ4n) is 3.38. The molecule has 17 heteroatoms. The quantitative estimate of drug-likeness (QED) is 0.416. The van der Waals surface area contributed by atoms with Crippen molar-refractivity contribution >= 4 is 23.3 Å². The summed E-state index contributed by atoms with van der Waals surface area (Å²) in [6.45, 7) is 3.91. The van der Waals surface area contributed by atoms with Gasteiger partial charge in [0.05, 0.1) is 24.6 Å². The zero-order valence-electron chi connectivity index (χ0n) is 20.2. The molecule has 0 aliphatic carbocycles. The number of aromatic nitrogens is 4. The molecule has 2 N–H and O–H groups in total. The van der Waals surface area contributed by atoms with E-state index in [2.05, 4.69) is 37.0 Å². The molecule has 3 aromatic rings. The van der Waals surface area contributed by atoms with E-state index < -0.39 is 24.3 Å². The van der Waals surface area contributed by atoms with Crippen molar-refractivity contribution < 1.29 is 50.9 Å². The predicted molar refractivity (Wildman–Crippen MR) is 123 cm³/mol. The number of carboxylic acid groups (broad SMARTS) is 2. The van der Waals surface area contributed by atoms with Gasteiger partial charge in [-0.2, -0.15) is 37.7 Å². The van der Waals surface area contributed by atoms with Crippen molar-refractivity contribution in [3.8, 4) is 0 Å². The van der Waals surface area contributed by atoms with E-state index in [9.17, 15) is 26.3 Å². The van der Waals surface area contributed by atoms with Gasteiger partial charge in [0.25, 0.3) is 0 Å². The van der Waals surface area contributed by atoms with Gasteiger partial charge in [0.1, 0.15) is 5.69 Å². The zero-order valence-corrected chi connectivity index (χ0v) is 21.0. The highest BCUT2D eigenvalue weighted by Crippen LogP contribution is 2.28. The van der Waals surface area contributed by atoms with Crippen molar-refractivity contribution in [3.05, 3.63) is 63.9 Å². The van der Waals surface area contributed by atoms with E-state index in [0.29, 0.717) is 13.2 Å². The molecular formula is C22H23F6N5O5S. The second-order valence-electron chi connectivity index (χ2n) is 7.99. The number of aliphatic carboxylic acids is 2. The summed E-state index contributed by atoms with van der Waals surface area (Å²) in [5.74, 6) is -5.24. The molecule has 0 bridgehead atoms. The average Bonchev–Trinajstić information content (AvgIpc) is 3.49. The average molecular weight is 584 g/mol. The Balaban J connectivity index is 0.000000317. The number of thiophene rings is 1. The van der Waals surface area contributed by atoms with Crippen LogP contribution in [-0.4, -0.2) is 72.5 Å². The second kappa shape index (κ2) is 14.0. The van der Waals surface area contributed by atoms with Crippen molar-refractivity contribution in [2.24, 2.45) is 7.05 Å². The molecule has 0 fully saturated rings. The van der Waals surface area contributed by atoms with Gasteiger partial charge in [0.15, 0.2) is 0 Å². The maximum absolute atomic E-state index is 10.6. The molecule has 1 aliphatic heterocycles. The first-order valence-corrected chi connectivity index (χ1v) is 11.8. The minimum Gasteiger partial charge on any atom is -0.475 e. The molecule has 0 spiro atoms. The number of halogens is 6. The SMILES string of the molecule is Cn1nnc2c1C(COCc1ccccn1)CN(Cc1ccsc1)C2.O=C(O)C(F)(F)F.O=C(O)C(F)(F)F. The van der Waals surface area contributed by atoms with E-state index in [0.717, 1.165) is 31.0 Å². The molecule has 0 aromatic carbocycles. The first kappa shape index (κ1) is 31.6. The van der Waals surface area contributed by atoms with Gasteiger partial charge in [-0.15, -0.1) is 5.10 Å². The Bertz CT molecular complexity index is 1160. The van der Waals surface area contributed by atoms with Crippen LogP contribution in [0.5, 0.6) is 0 Å². The third-order valence-electron chi connectivity index (χ3n) is 4.95. The van der Waals surface area contributed by atoms with Crippen LogP contribution >= 0.6 is 11.3 Å². The maximum Gasteiger partial charge on any atom is 0.490 e. The topological polar surface area (TPSA) is 131 Å². The van der Waals surface area contributed by atoms with Gasteiger partial charge in [0, 0.05) is 38.8 Å². The third-order valence-corrected chi connectivity index (χ3v) is 5.68. The van der Waals surface area contributed by atoms with E-state index in [1.165, 1.54) is 11.3 Å². The highest BCUT2D eigenvalue weighted by Gasteiger charge is 2.39. The van der Waals surface area contributed by atoms with E-state index in [1.54, 1.807) is 17.5 Å². The molecule has 4 rings (SSSR count). The minimum absolute atomic E-state index is 0.270. The number of carbonyl (C=O) groups is 2. The summed E-state index contributed by atoms with van der Waals surface area (Å²) in [5, 5.41) is 27.2. The summed E-state index contributed by atoms with van der Waals surface area (Å²) in [6, 6.07) is 8.07. The van der Waals surface area contributed by atoms with Crippen LogP contribution in [0.15, 0.2) is 41.2 Å². The summed E-state index contributed by atoms with van der Waals surface area (Å²) in [6.07, 6.45) is -8.37. The van der Waals surface area contributed by atoms with Gasteiger partial charge >= 0.3 is 24.3 Å². The molecule has 214 valence electrons. The standard InChI is InChI=1S/C18H21N5OS.2C2HF3O2/c1-22-18-15(11-24-12-16-4-2-3-6-19-16)9-23(10-17(18)20-21-22)8-14-5-7-25-13-14;2*3-2(4,5)1(6)7/h2-7,13,15H,8-12H2,1H3;2*(H,6,7). The number of fused-ring (bicyclic) bond motifs is 1. The highest BCUT2D eigenvalue weighted by atomic mass is 32.1. The fourth-order valence-corrected chi connectivity index (χ4v) is 4.04. The summed E-state index contributed by atoms with van der Waals surface area (Å²) >= 11 is 1.74. The Morgan fingerprint density at radius 2 is 1.74 bits per heavy atom. The number of ether oxygens (including phenoxy) is 1. The number of hydrogen-bond donors (Lipinski definition) is 2. The highest BCUT2D eigenvalue weighted by molar-refractivity contribution is 7.07. The van der Waals surface area contributed by atoms with Crippen molar-refractivity contribution in [3.63, 3.8) is 0 Å². The smallest absolute Gasteiger partial charge is 0.475 e. The van der Waals surface area contributed by atoms with E-state index in [1.807, 2.05) is 29.9 Å². The molecule has 0 radical (unpaired) electrons. The number of nitrogens with zero attached hydrogens (tertiary/aromatic N) is 5.